The summed E-state index contributed by atoms with van der Waals surface area (Å²) in [6.07, 6.45) is -0.0270. The predicted molar refractivity (Wildman–Crippen MR) is 57.7 cm³/mol. The molecule has 1 aliphatic rings. The summed E-state index contributed by atoms with van der Waals surface area (Å²) in [5.41, 5.74) is -0.694. The molecule has 16 heavy (non-hydrogen) atoms. The van der Waals surface area contributed by atoms with Gasteiger partial charge in [0.2, 0.25) is 0 Å². The van der Waals surface area contributed by atoms with Crippen molar-refractivity contribution < 1.29 is 19.1 Å². The smallest absolute Gasteiger partial charge is 0.315 e. The molecular weight excluding hydrogens is 279 g/mol. The van der Waals surface area contributed by atoms with Crippen LogP contribution in [0.3, 0.4) is 0 Å². The van der Waals surface area contributed by atoms with Gasteiger partial charge in [0, 0.05) is 12.8 Å². The molecule has 1 fully saturated rings. The van der Waals surface area contributed by atoms with Crippen molar-refractivity contribution in [3.05, 3.63) is 34.1 Å². The van der Waals surface area contributed by atoms with Crippen LogP contribution in [0.2, 0.25) is 0 Å². The fourth-order valence-corrected chi connectivity index (χ4v) is 2.27. The minimum Gasteiger partial charge on any atom is -0.481 e. The molecular formula is C11H8BrFO3. The molecule has 1 N–H and O–H groups in total. The van der Waals surface area contributed by atoms with Gasteiger partial charge in [-0.25, -0.2) is 4.39 Å². The van der Waals surface area contributed by atoms with Crippen LogP contribution in [0, 0.1) is 5.82 Å². The number of aliphatic carboxylic acids is 1. The van der Waals surface area contributed by atoms with Crippen molar-refractivity contribution in [1.29, 1.82) is 0 Å². The van der Waals surface area contributed by atoms with Gasteiger partial charge in [0.1, 0.15) is 17.0 Å². The van der Waals surface area contributed by atoms with Gasteiger partial charge in [-0.3, -0.25) is 9.59 Å². The highest BCUT2D eigenvalue weighted by molar-refractivity contribution is 9.10. The van der Waals surface area contributed by atoms with Crippen LogP contribution in [0.25, 0.3) is 0 Å². The molecule has 5 heteroatoms. The van der Waals surface area contributed by atoms with Crippen molar-refractivity contribution in [2.75, 3.05) is 0 Å². The Labute approximate surface area is 99.4 Å². The van der Waals surface area contributed by atoms with Crippen LogP contribution in [0.15, 0.2) is 22.7 Å². The average Bonchev–Trinajstić information content (AvgIpc) is 2.17. The lowest BCUT2D eigenvalue weighted by Gasteiger charge is -2.36. The van der Waals surface area contributed by atoms with Gasteiger partial charge in [0.15, 0.2) is 0 Å². The Kier molecular flexibility index (Phi) is 2.58. The lowest BCUT2D eigenvalue weighted by molar-refractivity contribution is -0.153. The largest absolute Gasteiger partial charge is 0.481 e. The zero-order chi connectivity index (χ0) is 11.9. The first-order valence-corrected chi connectivity index (χ1v) is 5.46. The van der Waals surface area contributed by atoms with E-state index in [0.29, 0.717) is 5.56 Å². The Morgan fingerprint density at radius 3 is 2.50 bits per heavy atom. The molecule has 0 radical (unpaired) electrons. The number of hydrogen-bond acceptors (Lipinski definition) is 2. The number of Topliss-reactive ketones (excluding diaryl/α,β-unsaturated/α-hetero) is 1. The minimum absolute atomic E-state index is 0.0135. The van der Waals surface area contributed by atoms with E-state index >= 15 is 0 Å². The van der Waals surface area contributed by atoms with E-state index in [0.717, 1.165) is 0 Å². The van der Waals surface area contributed by atoms with Crippen LogP contribution >= 0.6 is 15.9 Å². The van der Waals surface area contributed by atoms with Gasteiger partial charge in [-0.2, -0.15) is 0 Å². The minimum atomic E-state index is -1.16. The Morgan fingerprint density at radius 2 is 2.06 bits per heavy atom. The van der Waals surface area contributed by atoms with E-state index in [2.05, 4.69) is 15.9 Å². The third kappa shape index (κ3) is 1.55. The normalized spacial score (nSPS) is 18.0. The predicted octanol–water partition coefficient (Wildman–Crippen LogP) is 2.27. The Morgan fingerprint density at radius 1 is 1.44 bits per heavy atom. The number of carbonyl (C=O) groups excluding carboxylic acids is 1. The monoisotopic (exact) mass is 286 g/mol. The number of hydrogen-bond donors (Lipinski definition) is 1. The van der Waals surface area contributed by atoms with Crippen LogP contribution < -0.4 is 0 Å². The van der Waals surface area contributed by atoms with Crippen LogP contribution in [-0.4, -0.2) is 16.9 Å². The zero-order valence-corrected chi connectivity index (χ0v) is 9.75. The summed E-state index contributed by atoms with van der Waals surface area (Å²) in [6, 6.07) is 4.05. The molecule has 3 nitrogen and oxygen atoms in total. The maximum Gasteiger partial charge on any atom is 0.315 e. The molecule has 0 amide bonds. The average molecular weight is 287 g/mol. The molecule has 1 aromatic rings. The molecule has 0 atom stereocenters. The van der Waals surface area contributed by atoms with Crippen LogP contribution in [-0.2, 0) is 15.0 Å². The van der Waals surface area contributed by atoms with Crippen molar-refractivity contribution in [3.8, 4) is 0 Å². The number of ketones is 1. The summed E-state index contributed by atoms with van der Waals surface area (Å²) < 4.78 is 13.2. The highest BCUT2D eigenvalue weighted by atomic mass is 79.9. The van der Waals surface area contributed by atoms with Crippen LogP contribution in [0.4, 0.5) is 4.39 Å². The number of halogens is 2. The highest BCUT2D eigenvalue weighted by Gasteiger charge is 2.51. The number of carbonyl (C=O) groups is 2. The van der Waals surface area contributed by atoms with Gasteiger partial charge < -0.3 is 5.11 Å². The molecule has 0 aliphatic heterocycles. The van der Waals surface area contributed by atoms with Gasteiger partial charge in [0.05, 0.1) is 4.47 Å². The standard InChI is InChI=1S/C11H8BrFO3/c12-8-3-6(1-2-9(8)13)11(10(15)16)4-7(14)5-11/h1-3H,4-5H2,(H,15,16). The summed E-state index contributed by atoms with van der Waals surface area (Å²) in [6.45, 7) is 0. The number of carboxylic acids is 1. The fourth-order valence-electron chi connectivity index (χ4n) is 1.89. The molecule has 0 heterocycles. The van der Waals surface area contributed by atoms with Crippen molar-refractivity contribution in [2.45, 2.75) is 18.3 Å². The molecule has 0 spiro atoms. The summed E-state index contributed by atoms with van der Waals surface area (Å²) in [4.78, 5) is 22.2. The van der Waals surface area contributed by atoms with Crippen molar-refractivity contribution in [1.82, 2.24) is 0 Å². The van der Waals surface area contributed by atoms with E-state index in [-0.39, 0.29) is 23.1 Å². The quantitative estimate of drug-likeness (QED) is 0.907. The van der Waals surface area contributed by atoms with E-state index in [9.17, 15) is 14.0 Å². The van der Waals surface area contributed by atoms with Gasteiger partial charge in [0.25, 0.3) is 0 Å². The molecule has 0 saturated heterocycles. The maximum absolute atomic E-state index is 13.0. The van der Waals surface area contributed by atoms with Crippen molar-refractivity contribution in [2.24, 2.45) is 0 Å². The maximum atomic E-state index is 13.0. The molecule has 1 aliphatic carbocycles. The summed E-state index contributed by atoms with van der Waals surface area (Å²) in [5, 5.41) is 9.15. The second-order valence-electron chi connectivity index (χ2n) is 3.91. The molecule has 0 bridgehead atoms. The lowest BCUT2D eigenvalue weighted by Crippen LogP contribution is -2.48. The molecule has 2 rings (SSSR count). The fraction of sp³-hybridized carbons (Fsp3) is 0.273. The first-order chi connectivity index (χ1) is 7.45. The Hall–Kier alpha value is -1.23. The Balaban J connectivity index is 2.45. The summed E-state index contributed by atoms with van der Waals surface area (Å²) >= 11 is 3.00. The third-order valence-corrected chi connectivity index (χ3v) is 3.49. The van der Waals surface area contributed by atoms with E-state index in [1.54, 1.807) is 0 Å². The van der Waals surface area contributed by atoms with Gasteiger partial charge in [-0.05, 0) is 33.6 Å². The zero-order valence-electron chi connectivity index (χ0n) is 8.17. The molecule has 0 aromatic heterocycles. The third-order valence-electron chi connectivity index (χ3n) is 2.88. The summed E-state index contributed by atoms with van der Waals surface area (Å²) in [5.74, 6) is -1.57. The van der Waals surface area contributed by atoms with E-state index < -0.39 is 17.2 Å². The molecule has 1 aromatic carbocycles. The first kappa shape index (κ1) is 11.3. The molecule has 0 unspecified atom stereocenters. The lowest BCUT2D eigenvalue weighted by atomic mass is 9.63. The van der Waals surface area contributed by atoms with E-state index in [4.69, 9.17) is 5.11 Å². The number of carboxylic acid groups (broad SMARTS) is 1. The SMILES string of the molecule is O=C1CC(C(=O)O)(c2ccc(F)c(Br)c2)C1. The van der Waals surface area contributed by atoms with E-state index in [1.165, 1.54) is 18.2 Å². The topological polar surface area (TPSA) is 54.4 Å². The van der Waals surface area contributed by atoms with Crippen LogP contribution in [0.5, 0.6) is 0 Å². The van der Waals surface area contributed by atoms with Crippen molar-refractivity contribution in [3.63, 3.8) is 0 Å². The van der Waals surface area contributed by atoms with Crippen LogP contribution in [0.1, 0.15) is 18.4 Å². The van der Waals surface area contributed by atoms with Gasteiger partial charge in [-0.1, -0.05) is 6.07 Å². The number of benzene rings is 1. The highest BCUT2D eigenvalue weighted by Crippen LogP contribution is 2.42. The van der Waals surface area contributed by atoms with Crippen molar-refractivity contribution >= 4 is 27.7 Å². The molecule has 1 saturated carbocycles. The second-order valence-corrected chi connectivity index (χ2v) is 4.76. The molecule has 84 valence electrons. The second kappa shape index (κ2) is 3.66. The first-order valence-electron chi connectivity index (χ1n) is 4.66. The summed E-state index contributed by atoms with van der Waals surface area (Å²) in [7, 11) is 0. The van der Waals surface area contributed by atoms with Gasteiger partial charge in [-0.15, -0.1) is 0 Å². The van der Waals surface area contributed by atoms with Gasteiger partial charge >= 0.3 is 5.97 Å². The Bertz CT molecular complexity index is 476. The van der Waals surface area contributed by atoms with E-state index in [1.807, 2.05) is 0 Å². The number of rotatable bonds is 2.